The van der Waals surface area contributed by atoms with Gasteiger partial charge in [-0.05, 0) is 70.9 Å². The number of amides is 1. The number of halogens is 2. The van der Waals surface area contributed by atoms with Crippen molar-refractivity contribution in [2.24, 2.45) is 5.73 Å². The first-order chi connectivity index (χ1) is 29.0. The first kappa shape index (κ1) is 48.5. The lowest BCUT2D eigenvalue weighted by molar-refractivity contribution is -0.0168. The number of ether oxygens (including phenoxy) is 6. The van der Waals surface area contributed by atoms with E-state index in [4.69, 9.17) is 38.3 Å². The number of rotatable bonds is 31. The van der Waals surface area contributed by atoms with Crippen molar-refractivity contribution in [2.45, 2.75) is 16.2 Å². The smallest absolute Gasteiger partial charge is 0.296 e. The summed E-state index contributed by atoms with van der Waals surface area (Å²) >= 11 is 3.32. The molecule has 0 saturated carbocycles. The maximum atomic E-state index is 14.2. The Morgan fingerprint density at radius 3 is 1.82 bits per heavy atom. The number of sulfonamides is 1. The molecule has 0 fully saturated rings. The largest absolute Gasteiger partial charge is 0.379 e. The maximum absolute atomic E-state index is 14.2. The Labute approximate surface area is 356 Å². The van der Waals surface area contributed by atoms with E-state index in [0.29, 0.717) is 82.6 Å². The molecule has 0 aliphatic carbocycles. The minimum Gasteiger partial charge on any atom is -0.379 e. The number of anilines is 4. The van der Waals surface area contributed by atoms with Gasteiger partial charge in [0.15, 0.2) is 0 Å². The monoisotopic (exact) mass is 942 g/mol. The van der Waals surface area contributed by atoms with E-state index in [-0.39, 0.29) is 59.2 Å². The average molecular weight is 944 g/mol. The minimum absolute atomic E-state index is 0.0335. The summed E-state index contributed by atoms with van der Waals surface area (Å²) in [5.74, 6) is -1.36. The normalized spacial score (nSPS) is 11.8. The van der Waals surface area contributed by atoms with Crippen molar-refractivity contribution in [3.63, 3.8) is 0 Å². The molecule has 5 N–H and O–H groups in total. The van der Waals surface area contributed by atoms with E-state index in [1.165, 1.54) is 42.6 Å². The standard InChI is InChI=1S/C38H48BrFN6O12S2/c39-32-28-42-38(46-37(32)45-34-9-4-8-33(40)35(34)36(41)47)44-29-10-12-30(13-11-29)59(48,49)43-14-17-53-19-21-55-23-25-57-27-26-56-24-22-54-20-18-52-15-5-16-58-60(50,51)31-6-2-1-3-7-31/h1-4,6-13,28,43H,5,14-27H2,(H2,41,47)(H2,42,44,45,46). The summed E-state index contributed by atoms with van der Waals surface area (Å²) in [6.07, 6.45) is 1.88. The molecule has 0 spiro atoms. The van der Waals surface area contributed by atoms with Crippen LogP contribution in [0.5, 0.6) is 0 Å². The molecule has 0 aliphatic rings. The first-order valence-electron chi connectivity index (χ1n) is 18.6. The highest BCUT2D eigenvalue weighted by Crippen LogP contribution is 2.28. The molecule has 4 aromatic rings. The van der Waals surface area contributed by atoms with Gasteiger partial charge in [0.25, 0.3) is 16.0 Å². The predicted octanol–water partition coefficient (Wildman–Crippen LogP) is 4.14. The van der Waals surface area contributed by atoms with Gasteiger partial charge in [-0.15, -0.1) is 0 Å². The Balaban J connectivity index is 0.952. The van der Waals surface area contributed by atoms with Crippen molar-refractivity contribution >= 4 is 65.1 Å². The van der Waals surface area contributed by atoms with Crippen molar-refractivity contribution < 1.29 is 58.6 Å². The molecule has 1 heterocycles. The number of aromatic nitrogens is 2. The lowest BCUT2D eigenvalue weighted by Crippen LogP contribution is -2.27. The zero-order valence-electron chi connectivity index (χ0n) is 32.6. The molecule has 1 aromatic heterocycles. The van der Waals surface area contributed by atoms with Crippen molar-refractivity contribution in [3.05, 3.63) is 94.8 Å². The first-order valence-corrected chi connectivity index (χ1v) is 22.3. The quantitative estimate of drug-likeness (QED) is 0.0410. The number of benzene rings is 3. The highest BCUT2D eigenvalue weighted by Gasteiger charge is 2.17. The fourth-order valence-corrected chi connectivity index (χ4v) is 7.15. The van der Waals surface area contributed by atoms with Gasteiger partial charge in [0.05, 0.1) is 105 Å². The van der Waals surface area contributed by atoms with E-state index in [0.717, 1.165) is 6.07 Å². The highest BCUT2D eigenvalue weighted by atomic mass is 79.9. The fraction of sp³-hybridized carbons (Fsp3) is 0.395. The van der Waals surface area contributed by atoms with Gasteiger partial charge in [0.2, 0.25) is 16.0 Å². The summed E-state index contributed by atoms with van der Waals surface area (Å²) in [5, 5.41) is 5.85. The number of hydrogen-bond acceptors (Lipinski definition) is 16. The minimum atomic E-state index is -3.81. The number of carbonyl (C=O) groups is 1. The van der Waals surface area contributed by atoms with Crippen LogP contribution in [0.3, 0.4) is 0 Å². The predicted molar refractivity (Wildman–Crippen MR) is 222 cm³/mol. The van der Waals surface area contributed by atoms with Crippen LogP contribution in [0.15, 0.2) is 93.3 Å². The molecule has 0 aliphatic heterocycles. The van der Waals surface area contributed by atoms with E-state index in [2.05, 4.69) is 41.3 Å². The zero-order chi connectivity index (χ0) is 43.1. The second-order valence-electron chi connectivity index (χ2n) is 12.2. The molecule has 3 aromatic carbocycles. The number of nitrogens with two attached hydrogens (primary N) is 1. The molecule has 4 rings (SSSR count). The van der Waals surface area contributed by atoms with Gasteiger partial charge in [-0.1, -0.05) is 24.3 Å². The van der Waals surface area contributed by atoms with Crippen molar-refractivity contribution in [2.75, 3.05) is 103 Å². The van der Waals surface area contributed by atoms with E-state index < -0.39 is 31.9 Å². The topological polar surface area (TPSA) is 238 Å². The van der Waals surface area contributed by atoms with Gasteiger partial charge in [0.1, 0.15) is 11.6 Å². The molecular formula is C38H48BrFN6O12S2. The Morgan fingerprint density at radius 2 is 1.23 bits per heavy atom. The van der Waals surface area contributed by atoms with E-state index in [1.54, 1.807) is 30.3 Å². The van der Waals surface area contributed by atoms with Crippen LogP contribution in [-0.4, -0.2) is 125 Å². The van der Waals surface area contributed by atoms with Gasteiger partial charge >= 0.3 is 0 Å². The van der Waals surface area contributed by atoms with Crippen molar-refractivity contribution in [1.82, 2.24) is 14.7 Å². The van der Waals surface area contributed by atoms with Crippen LogP contribution >= 0.6 is 15.9 Å². The van der Waals surface area contributed by atoms with Crippen LogP contribution in [0, 0.1) is 5.82 Å². The number of nitrogens with zero attached hydrogens (tertiary/aromatic N) is 2. The van der Waals surface area contributed by atoms with Crippen LogP contribution in [0.1, 0.15) is 16.8 Å². The van der Waals surface area contributed by atoms with Gasteiger partial charge < -0.3 is 44.8 Å². The van der Waals surface area contributed by atoms with Gasteiger partial charge in [-0.2, -0.15) is 13.4 Å². The van der Waals surface area contributed by atoms with Crippen LogP contribution < -0.4 is 21.1 Å². The molecule has 0 saturated heterocycles. The average Bonchev–Trinajstić information content (AvgIpc) is 3.22. The summed E-state index contributed by atoms with van der Waals surface area (Å²) in [4.78, 5) is 20.5. The van der Waals surface area contributed by atoms with Gasteiger partial charge in [-0.3, -0.25) is 8.98 Å². The van der Waals surface area contributed by atoms with E-state index in [1.807, 2.05) is 0 Å². The fourth-order valence-electron chi connectivity index (χ4n) is 4.89. The second-order valence-corrected chi connectivity index (χ2v) is 16.4. The van der Waals surface area contributed by atoms with Gasteiger partial charge in [-0.25, -0.2) is 22.5 Å². The molecule has 18 nitrogen and oxygen atoms in total. The Hall–Kier alpha value is -4.20. The molecule has 0 bridgehead atoms. The summed E-state index contributed by atoms with van der Waals surface area (Å²) in [7, 11) is -7.56. The highest BCUT2D eigenvalue weighted by molar-refractivity contribution is 9.10. The summed E-state index contributed by atoms with van der Waals surface area (Å²) < 4.78 is 104. The number of nitrogens with one attached hydrogen (secondary N) is 3. The summed E-state index contributed by atoms with van der Waals surface area (Å²) in [6.45, 7) is 4.23. The summed E-state index contributed by atoms with van der Waals surface area (Å²) in [5.41, 5.74) is 5.63. The summed E-state index contributed by atoms with van der Waals surface area (Å²) in [6, 6.07) is 17.9. The molecule has 0 radical (unpaired) electrons. The van der Waals surface area contributed by atoms with Gasteiger partial charge in [0, 0.05) is 25.0 Å². The molecule has 22 heteroatoms. The van der Waals surface area contributed by atoms with Crippen LogP contribution in [0.25, 0.3) is 0 Å². The third-order valence-electron chi connectivity index (χ3n) is 7.78. The second kappa shape index (κ2) is 26.2. The third kappa shape index (κ3) is 17.4. The Morgan fingerprint density at radius 1 is 0.667 bits per heavy atom. The third-order valence-corrected chi connectivity index (χ3v) is 11.2. The van der Waals surface area contributed by atoms with Crippen LogP contribution in [0.4, 0.5) is 27.5 Å². The zero-order valence-corrected chi connectivity index (χ0v) is 35.8. The van der Waals surface area contributed by atoms with Crippen molar-refractivity contribution in [3.8, 4) is 0 Å². The number of hydrogen-bond donors (Lipinski definition) is 4. The number of primary amides is 1. The van der Waals surface area contributed by atoms with E-state index >= 15 is 0 Å². The van der Waals surface area contributed by atoms with E-state index in [9.17, 15) is 26.0 Å². The van der Waals surface area contributed by atoms with Crippen molar-refractivity contribution in [1.29, 1.82) is 0 Å². The molecule has 0 unspecified atom stereocenters. The van der Waals surface area contributed by atoms with Crippen LogP contribution in [0.2, 0.25) is 0 Å². The van der Waals surface area contributed by atoms with Crippen LogP contribution in [-0.2, 0) is 52.7 Å². The molecule has 0 atom stereocenters. The number of carbonyl (C=O) groups excluding carboxylic acids is 1. The Kier molecular flexibility index (Phi) is 21.2. The molecule has 1 amide bonds. The molecular weight excluding hydrogens is 895 g/mol. The molecule has 60 heavy (non-hydrogen) atoms. The lowest BCUT2D eigenvalue weighted by Gasteiger charge is -2.13. The maximum Gasteiger partial charge on any atom is 0.296 e. The molecule has 328 valence electrons. The SMILES string of the molecule is NC(=O)c1c(F)cccc1Nc1nc(Nc2ccc(S(=O)(=O)NCCOCCOCCOCCOCCOCCOCCCOS(=O)(=O)c3ccccc3)cc2)ncc1Br. The lowest BCUT2D eigenvalue weighted by atomic mass is 10.1. The Bertz CT molecular complexity index is 2130.